The van der Waals surface area contributed by atoms with Crippen molar-refractivity contribution >= 4 is 107 Å². The van der Waals surface area contributed by atoms with Crippen LogP contribution >= 0.6 is 0 Å². The number of fused-ring (bicyclic) bond motifs is 8. The Balaban J connectivity index is 1.11. The molecule has 10 aromatic carbocycles. The highest BCUT2D eigenvalue weighted by Gasteiger charge is 2.45. The SMILES string of the molecule is Cc1cc2c3c(c1)N(c1cccc4c1oc1ccccc14)c1cc(N(c4ccc(C(C)(C)C)cc4)c4ccc(C(C)(C)C)cc4)c(-c4ccccc4)cc1B3c1cc3nn(-c4ccccc4)nc3cc1N2c1ccccc1. The normalized spacial score (nSPS) is 13.1. The van der Waals surface area contributed by atoms with Gasteiger partial charge in [-0.3, -0.25) is 0 Å². The molecule has 0 unspecified atom stereocenters. The van der Waals surface area contributed by atoms with Gasteiger partial charge in [-0.05, 0) is 147 Å². The minimum absolute atomic E-state index is 0.0189. The molecule has 8 heteroatoms. The van der Waals surface area contributed by atoms with Crippen molar-refractivity contribution in [3.8, 4) is 16.8 Å². The van der Waals surface area contributed by atoms with Crippen molar-refractivity contribution in [2.45, 2.75) is 59.3 Å². The number of hydrogen-bond donors (Lipinski definition) is 0. The quantitative estimate of drug-likeness (QED) is 0.148. The Kier molecular flexibility index (Phi) is 10.5. The summed E-state index contributed by atoms with van der Waals surface area (Å²) in [5.74, 6) is 0. The lowest BCUT2D eigenvalue weighted by molar-refractivity contribution is 0.590. The second kappa shape index (κ2) is 17.5. The summed E-state index contributed by atoms with van der Waals surface area (Å²) in [5.41, 5.74) is 23.3. The highest BCUT2D eigenvalue weighted by atomic mass is 16.3. The number of benzene rings is 10. The third-order valence-electron chi connectivity index (χ3n) is 15.8. The summed E-state index contributed by atoms with van der Waals surface area (Å²) in [4.78, 5) is 9.19. The molecule has 14 rings (SSSR count). The van der Waals surface area contributed by atoms with E-state index in [2.05, 4.69) is 263 Å². The van der Waals surface area contributed by atoms with Crippen LogP contribution in [0.4, 0.5) is 51.2 Å². The number of rotatable bonds is 7. The van der Waals surface area contributed by atoms with E-state index in [1.54, 1.807) is 4.80 Å². The molecule has 7 nitrogen and oxygen atoms in total. The van der Waals surface area contributed by atoms with Crippen LogP contribution in [0.5, 0.6) is 0 Å². The third kappa shape index (κ3) is 7.64. The second-order valence-corrected chi connectivity index (χ2v) is 22.9. The highest BCUT2D eigenvalue weighted by Crippen LogP contribution is 2.51. The number of furan rings is 1. The van der Waals surface area contributed by atoms with Crippen LogP contribution in [0.2, 0.25) is 0 Å². The van der Waals surface area contributed by atoms with Crippen molar-refractivity contribution in [1.82, 2.24) is 15.0 Å². The number of aryl methyl sites for hydroxylation is 1. The zero-order valence-corrected chi connectivity index (χ0v) is 44.5. The smallest absolute Gasteiger partial charge is 0.252 e. The van der Waals surface area contributed by atoms with Gasteiger partial charge in [-0.25, -0.2) is 0 Å². The van der Waals surface area contributed by atoms with E-state index < -0.39 is 0 Å². The zero-order valence-electron chi connectivity index (χ0n) is 44.5. The first-order valence-electron chi connectivity index (χ1n) is 26.8. The van der Waals surface area contributed by atoms with Crippen LogP contribution in [0.15, 0.2) is 223 Å². The minimum Gasteiger partial charge on any atom is -0.454 e. The van der Waals surface area contributed by atoms with Crippen molar-refractivity contribution in [1.29, 1.82) is 0 Å². The third-order valence-corrected chi connectivity index (χ3v) is 15.8. The summed E-state index contributed by atoms with van der Waals surface area (Å²) < 4.78 is 7.03. The first-order valence-corrected chi connectivity index (χ1v) is 26.8. The topological polar surface area (TPSA) is 53.6 Å². The molecule has 0 aliphatic carbocycles. The number of aromatic nitrogens is 3. The van der Waals surface area contributed by atoms with Crippen LogP contribution in [0.3, 0.4) is 0 Å². The lowest BCUT2D eigenvalue weighted by atomic mass is 9.33. The monoisotopic (exact) mass is 996 g/mol. The maximum Gasteiger partial charge on any atom is 0.252 e. The molecular weight excluding hydrogens is 940 g/mol. The fraction of sp³-hybridized carbons (Fsp3) is 0.130. The molecule has 0 N–H and O–H groups in total. The molecule has 2 aliphatic rings. The molecule has 0 bridgehead atoms. The van der Waals surface area contributed by atoms with Gasteiger partial charge in [-0.2, -0.15) is 4.80 Å². The standard InChI is InChI=1S/C69H57BN6O/c1-44-38-63-66-64(39-44)75(59-28-19-27-53-52-26-17-18-29-65(52)77-67(53)59)62-43-60(73(49-34-30-46(31-35-49)68(2,3)4)50-36-32-47(33-37-50)69(5,6)7)54(45-20-11-8-12-21-45)40-55(62)70(66)56-41-57-58(72-76(71-57)51-24-15-10-16-25-51)42-61(56)74(63)48-22-13-9-14-23-48/h8-43H,1-7H3. The van der Waals surface area contributed by atoms with Crippen molar-refractivity contribution in [2.24, 2.45) is 0 Å². The molecule has 2 aliphatic heterocycles. The first-order chi connectivity index (χ1) is 37.4. The van der Waals surface area contributed by atoms with Gasteiger partial charge in [0.15, 0.2) is 5.58 Å². The van der Waals surface area contributed by atoms with Crippen LogP contribution in [0.1, 0.15) is 58.2 Å². The molecule has 0 radical (unpaired) electrons. The summed E-state index contributed by atoms with van der Waals surface area (Å²) in [6.45, 7) is 15.7. The molecule has 372 valence electrons. The van der Waals surface area contributed by atoms with Gasteiger partial charge in [0.1, 0.15) is 16.6 Å². The maximum absolute atomic E-state index is 7.03. The minimum atomic E-state index is -0.218. The van der Waals surface area contributed by atoms with Gasteiger partial charge in [0.05, 0.1) is 17.1 Å². The van der Waals surface area contributed by atoms with Crippen molar-refractivity contribution in [2.75, 3.05) is 14.7 Å². The summed E-state index contributed by atoms with van der Waals surface area (Å²) in [5, 5.41) is 12.5. The van der Waals surface area contributed by atoms with Gasteiger partial charge in [0.25, 0.3) is 6.71 Å². The lowest BCUT2D eigenvalue weighted by Crippen LogP contribution is -2.61. The molecule has 0 spiro atoms. The fourth-order valence-corrected chi connectivity index (χ4v) is 12.0. The van der Waals surface area contributed by atoms with Gasteiger partial charge in [-0.1, -0.05) is 169 Å². The van der Waals surface area contributed by atoms with Crippen LogP contribution in [-0.2, 0) is 10.8 Å². The van der Waals surface area contributed by atoms with Gasteiger partial charge in [0, 0.05) is 56.1 Å². The van der Waals surface area contributed by atoms with Crippen LogP contribution in [0, 0.1) is 6.92 Å². The van der Waals surface area contributed by atoms with E-state index in [9.17, 15) is 0 Å². The molecule has 12 aromatic rings. The Morgan fingerprint density at radius 2 is 0.987 bits per heavy atom. The zero-order chi connectivity index (χ0) is 52.3. The predicted octanol–water partition coefficient (Wildman–Crippen LogP) is 16.4. The summed E-state index contributed by atoms with van der Waals surface area (Å²) >= 11 is 0. The fourth-order valence-electron chi connectivity index (χ4n) is 12.0. The largest absolute Gasteiger partial charge is 0.454 e. The van der Waals surface area contributed by atoms with Gasteiger partial charge in [0.2, 0.25) is 0 Å². The Bertz CT molecular complexity index is 4190. The molecular formula is C69H57BN6O. The van der Waals surface area contributed by atoms with E-state index in [1.807, 2.05) is 18.2 Å². The summed E-state index contributed by atoms with van der Waals surface area (Å²) in [7, 11) is 0. The Morgan fingerprint density at radius 3 is 1.62 bits per heavy atom. The van der Waals surface area contributed by atoms with Gasteiger partial charge in [-0.15, -0.1) is 10.2 Å². The molecule has 0 amide bonds. The molecule has 4 heterocycles. The Morgan fingerprint density at radius 1 is 0.455 bits per heavy atom. The van der Waals surface area contributed by atoms with E-state index >= 15 is 0 Å². The summed E-state index contributed by atoms with van der Waals surface area (Å²) in [6, 6.07) is 79.6. The number of anilines is 9. The van der Waals surface area contributed by atoms with E-state index in [1.165, 1.54) is 22.1 Å². The van der Waals surface area contributed by atoms with Crippen LogP contribution in [0.25, 0.3) is 49.8 Å². The van der Waals surface area contributed by atoms with Gasteiger partial charge >= 0.3 is 0 Å². The lowest BCUT2D eigenvalue weighted by Gasteiger charge is -2.45. The molecule has 0 saturated carbocycles. The van der Waals surface area contributed by atoms with Crippen LogP contribution < -0.4 is 31.1 Å². The first kappa shape index (κ1) is 46.4. The van der Waals surface area contributed by atoms with Crippen molar-refractivity contribution < 1.29 is 4.42 Å². The van der Waals surface area contributed by atoms with E-state index in [4.69, 9.17) is 14.6 Å². The second-order valence-electron chi connectivity index (χ2n) is 22.9. The Labute approximate surface area is 450 Å². The van der Waals surface area contributed by atoms with E-state index in [-0.39, 0.29) is 17.5 Å². The van der Waals surface area contributed by atoms with E-state index in [0.29, 0.717) is 0 Å². The predicted molar refractivity (Wildman–Crippen MR) is 322 cm³/mol. The summed E-state index contributed by atoms with van der Waals surface area (Å²) in [6.07, 6.45) is 0. The van der Waals surface area contributed by atoms with Gasteiger partial charge < -0.3 is 19.1 Å². The van der Waals surface area contributed by atoms with E-state index in [0.717, 1.165) is 112 Å². The average molecular weight is 997 g/mol. The van der Waals surface area contributed by atoms with Crippen molar-refractivity contribution in [3.63, 3.8) is 0 Å². The molecule has 77 heavy (non-hydrogen) atoms. The molecule has 0 fully saturated rings. The number of nitrogens with zero attached hydrogens (tertiary/aromatic N) is 6. The number of hydrogen-bond acceptors (Lipinski definition) is 6. The average Bonchev–Trinajstić information content (AvgIpc) is 4.14. The maximum atomic E-state index is 7.03. The van der Waals surface area contributed by atoms with Crippen molar-refractivity contribution in [3.05, 3.63) is 235 Å². The molecule has 0 atom stereocenters. The van der Waals surface area contributed by atoms with Crippen LogP contribution in [-0.4, -0.2) is 21.7 Å². The highest BCUT2D eigenvalue weighted by molar-refractivity contribution is 7.00. The Hall–Kier alpha value is -9.14. The molecule has 2 aromatic heterocycles. The molecule has 0 saturated heterocycles. The number of para-hydroxylation sites is 4.